The zero-order valence-corrected chi connectivity index (χ0v) is 15.5. The van der Waals surface area contributed by atoms with Gasteiger partial charge in [0.05, 0.1) is 4.92 Å². The van der Waals surface area contributed by atoms with Gasteiger partial charge >= 0.3 is 0 Å². The maximum Gasteiger partial charge on any atom is 0.282 e. The van der Waals surface area contributed by atoms with Crippen molar-refractivity contribution in [1.82, 2.24) is 4.90 Å². The van der Waals surface area contributed by atoms with E-state index >= 15 is 0 Å². The van der Waals surface area contributed by atoms with Crippen LogP contribution < -0.4 is 5.32 Å². The van der Waals surface area contributed by atoms with E-state index in [2.05, 4.69) is 5.32 Å². The third-order valence-electron chi connectivity index (χ3n) is 4.53. The Morgan fingerprint density at radius 3 is 2.70 bits per heavy atom. The van der Waals surface area contributed by atoms with Gasteiger partial charge in [0.1, 0.15) is 5.56 Å². The van der Waals surface area contributed by atoms with Gasteiger partial charge in [-0.25, -0.2) is 0 Å². The first kappa shape index (κ1) is 18.8. The Labute approximate surface area is 161 Å². The Morgan fingerprint density at radius 1 is 1.22 bits per heavy atom. The van der Waals surface area contributed by atoms with Crippen LogP contribution in [0.15, 0.2) is 36.4 Å². The van der Waals surface area contributed by atoms with Gasteiger partial charge < -0.3 is 10.2 Å². The summed E-state index contributed by atoms with van der Waals surface area (Å²) in [5.41, 5.74) is 2.18. The van der Waals surface area contributed by atoms with Crippen molar-refractivity contribution in [3.63, 3.8) is 0 Å². The summed E-state index contributed by atoms with van der Waals surface area (Å²) in [6, 6.07) is 9.32. The number of nitro groups is 1. The van der Waals surface area contributed by atoms with Crippen LogP contribution in [-0.2, 0) is 17.8 Å². The number of rotatable bonds is 4. The van der Waals surface area contributed by atoms with Gasteiger partial charge in [-0.1, -0.05) is 24.6 Å². The molecule has 0 bridgehead atoms. The quantitative estimate of drug-likeness (QED) is 0.638. The molecule has 0 aliphatic carbocycles. The van der Waals surface area contributed by atoms with Crippen LogP contribution in [0.5, 0.6) is 0 Å². The maximum atomic E-state index is 12.5. The van der Waals surface area contributed by atoms with Crippen molar-refractivity contribution in [2.24, 2.45) is 0 Å². The van der Waals surface area contributed by atoms with Gasteiger partial charge in [0.2, 0.25) is 5.91 Å². The minimum atomic E-state index is -0.619. The average molecular weight is 388 g/mol. The molecule has 1 heterocycles. The van der Waals surface area contributed by atoms with E-state index in [1.807, 2.05) is 13.0 Å². The summed E-state index contributed by atoms with van der Waals surface area (Å²) < 4.78 is 0. The predicted molar refractivity (Wildman–Crippen MR) is 102 cm³/mol. The first-order valence-electron chi connectivity index (χ1n) is 8.54. The number of carbonyl (C=O) groups excluding carboxylic acids is 2. The highest BCUT2D eigenvalue weighted by atomic mass is 35.5. The lowest BCUT2D eigenvalue weighted by atomic mass is 9.98. The molecule has 2 aromatic carbocycles. The lowest BCUT2D eigenvalue weighted by Crippen LogP contribution is -2.35. The molecule has 1 aliphatic rings. The number of nitro benzene ring substituents is 1. The number of amides is 2. The molecule has 2 aromatic rings. The lowest BCUT2D eigenvalue weighted by molar-refractivity contribution is -0.385. The second-order valence-electron chi connectivity index (χ2n) is 6.28. The number of benzene rings is 2. The smallest absolute Gasteiger partial charge is 0.282 e. The summed E-state index contributed by atoms with van der Waals surface area (Å²) in [5, 5.41) is 14.1. The molecule has 0 aromatic heterocycles. The standard InChI is InChI=1S/C19H18ClN3O4/c1-2-18(24)22-8-7-12-3-5-15(9-13(12)11-22)21-19(25)16-10-14(20)4-6-17(16)23(26)27/h3-6,9-10H,2,7-8,11H2,1H3,(H,21,25). The van der Waals surface area contributed by atoms with Gasteiger partial charge in [0.15, 0.2) is 0 Å². The van der Waals surface area contributed by atoms with Gasteiger partial charge in [0, 0.05) is 36.3 Å². The van der Waals surface area contributed by atoms with Crippen molar-refractivity contribution < 1.29 is 14.5 Å². The Hall–Kier alpha value is -2.93. The minimum absolute atomic E-state index is 0.0876. The van der Waals surface area contributed by atoms with E-state index in [9.17, 15) is 19.7 Å². The number of halogens is 1. The molecule has 0 saturated carbocycles. The lowest BCUT2D eigenvalue weighted by Gasteiger charge is -2.29. The highest BCUT2D eigenvalue weighted by Crippen LogP contribution is 2.26. The highest BCUT2D eigenvalue weighted by Gasteiger charge is 2.22. The highest BCUT2D eigenvalue weighted by molar-refractivity contribution is 6.31. The fourth-order valence-electron chi connectivity index (χ4n) is 3.12. The van der Waals surface area contributed by atoms with E-state index in [1.54, 1.807) is 17.0 Å². The zero-order chi connectivity index (χ0) is 19.6. The molecule has 8 heteroatoms. The summed E-state index contributed by atoms with van der Waals surface area (Å²) >= 11 is 5.88. The van der Waals surface area contributed by atoms with E-state index < -0.39 is 10.8 Å². The minimum Gasteiger partial charge on any atom is -0.338 e. The number of nitrogens with one attached hydrogen (secondary N) is 1. The fraction of sp³-hybridized carbons (Fsp3) is 0.263. The van der Waals surface area contributed by atoms with E-state index in [4.69, 9.17) is 11.6 Å². The number of nitrogens with zero attached hydrogens (tertiary/aromatic N) is 2. The predicted octanol–water partition coefficient (Wildman–Crippen LogP) is 3.80. The van der Waals surface area contributed by atoms with Crippen LogP contribution in [0, 0.1) is 10.1 Å². The Balaban J connectivity index is 1.83. The molecule has 0 radical (unpaired) electrons. The van der Waals surface area contributed by atoms with Gasteiger partial charge in [-0.15, -0.1) is 0 Å². The number of carbonyl (C=O) groups is 2. The summed E-state index contributed by atoms with van der Waals surface area (Å²) in [5.74, 6) is -0.522. The number of hydrogen-bond acceptors (Lipinski definition) is 4. The molecule has 1 N–H and O–H groups in total. The third kappa shape index (κ3) is 4.09. The van der Waals surface area contributed by atoms with E-state index in [0.29, 0.717) is 25.2 Å². The molecule has 2 amide bonds. The van der Waals surface area contributed by atoms with Crippen LogP contribution in [0.1, 0.15) is 34.8 Å². The topological polar surface area (TPSA) is 92.6 Å². The normalized spacial score (nSPS) is 13.0. The van der Waals surface area contributed by atoms with Crippen LogP contribution in [0.3, 0.4) is 0 Å². The third-order valence-corrected chi connectivity index (χ3v) is 4.77. The summed E-state index contributed by atoms with van der Waals surface area (Å²) in [6.07, 6.45) is 1.21. The molecule has 0 atom stereocenters. The van der Waals surface area contributed by atoms with E-state index in [1.165, 1.54) is 18.2 Å². The molecule has 1 aliphatic heterocycles. The fourth-order valence-corrected chi connectivity index (χ4v) is 3.29. The van der Waals surface area contributed by atoms with Crippen molar-refractivity contribution >= 4 is 34.8 Å². The molecule has 27 heavy (non-hydrogen) atoms. The molecule has 3 rings (SSSR count). The SMILES string of the molecule is CCC(=O)N1CCc2ccc(NC(=O)c3cc(Cl)ccc3[N+](=O)[O-])cc2C1. The van der Waals surface area contributed by atoms with Crippen LogP contribution >= 0.6 is 11.6 Å². The van der Waals surface area contributed by atoms with E-state index in [0.717, 1.165) is 17.5 Å². The Morgan fingerprint density at radius 2 is 2.00 bits per heavy atom. The Bertz CT molecular complexity index is 929. The summed E-state index contributed by atoms with van der Waals surface area (Å²) in [4.78, 5) is 36.8. The maximum absolute atomic E-state index is 12.5. The molecule has 0 fully saturated rings. The number of fused-ring (bicyclic) bond motifs is 1. The van der Waals surface area contributed by atoms with Crippen LogP contribution in [0.2, 0.25) is 5.02 Å². The number of hydrogen-bond donors (Lipinski definition) is 1. The molecule has 140 valence electrons. The molecule has 0 spiro atoms. The van der Waals surface area contributed by atoms with Gasteiger partial charge in [0.25, 0.3) is 11.6 Å². The van der Waals surface area contributed by atoms with Crippen molar-refractivity contribution in [3.8, 4) is 0 Å². The second-order valence-corrected chi connectivity index (χ2v) is 6.71. The van der Waals surface area contributed by atoms with Crippen molar-refractivity contribution in [2.75, 3.05) is 11.9 Å². The van der Waals surface area contributed by atoms with Crippen LogP contribution in [-0.4, -0.2) is 28.2 Å². The molecule has 0 unspecified atom stereocenters. The van der Waals surface area contributed by atoms with Crippen molar-refractivity contribution in [3.05, 3.63) is 68.2 Å². The zero-order valence-electron chi connectivity index (χ0n) is 14.7. The van der Waals surface area contributed by atoms with Gasteiger partial charge in [-0.3, -0.25) is 19.7 Å². The molecular formula is C19H18ClN3O4. The largest absolute Gasteiger partial charge is 0.338 e. The molecule has 7 nitrogen and oxygen atoms in total. The van der Waals surface area contributed by atoms with Crippen LogP contribution in [0.25, 0.3) is 0 Å². The second kappa shape index (κ2) is 7.75. The molecule has 0 saturated heterocycles. The summed E-state index contributed by atoms with van der Waals surface area (Å²) in [6.45, 7) is 3.00. The van der Waals surface area contributed by atoms with E-state index in [-0.39, 0.29) is 22.2 Å². The first-order valence-corrected chi connectivity index (χ1v) is 8.91. The Kier molecular flexibility index (Phi) is 5.41. The van der Waals surface area contributed by atoms with Crippen molar-refractivity contribution in [1.29, 1.82) is 0 Å². The average Bonchev–Trinajstić information content (AvgIpc) is 2.66. The van der Waals surface area contributed by atoms with Gasteiger partial charge in [-0.2, -0.15) is 0 Å². The van der Waals surface area contributed by atoms with Crippen molar-refractivity contribution in [2.45, 2.75) is 26.3 Å². The molecular weight excluding hydrogens is 370 g/mol. The summed E-state index contributed by atoms with van der Waals surface area (Å²) in [7, 11) is 0. The van der Waals surface area contributed by atoms with Gasteiger partial charge in [-0.05, 0) is 41.8 Å². The van der Waals surface area contributed by atoms with Crippen LogP contribution in [0.4, 0.5) is 11.4 Å². The first-order chi connectivity index (χ1) is 12.9. The monoisotopic (exact) mass is 387 g/mol. The number of anilines is 1.